The molecule has 0 unspecified atom stereocenters. The molecule has 0 atom stereocenters. The van der Waals surface area contributed by atoms with Gasteiger partial charge in [0.2, 0.25) is 0 Å². The normalized spacial score (nSPS) is 20.5. The Morgan fingerprint density at radius 1 is 1.58 bits per heavy atom. The smallest absolute Gasteiger partial charge is 0.0330 e. The molecule has 0 radical (unpaired) electrons. The molecule has 0 aliphatic carbocycles. The third-order valence-electron chi connectivity index (χ3n) is 1.42. The molecule has 0 saturated heterocycles. The SMILES string of the molecule is [2H]C([2H])([2H])c1cc(C([2H])([2H])C(C)(C)C)sc1C. The summed E-state index contributed by atoms with van der Waals surface area (Å²) in [6.45, 7) is 5.02. The van der Waals surface area contributed by atoms with Crippen molar-refractivity contribution >= 4 is 11.3 Å². The summed E-state index contributed by atoms with van der Waals surface area (Å²) in [7, 11) is 0. The van der Waals surface area contributed by atoms with Crippen molar-refractivity contribution in [3.05, 3.63) is 21.4 Å². The predicted octanol–water partition coefficient (Wildman–Crippen LogP) is 3.95. The van der Waals surface area contributed by atoms with E-state index in [9.17, 15) is 0 Å². The van der Waals surface area contributed by atoms with Gasteiger partial charge in [0.05, 0.1) is 0 Å². The van der Waals surface area contributed by atoms with Crippen molar-refractivity contribution in [2.75, 3.05) is 0 Å². The molecule has 1 aromatic heterocycles. The van der Waals surface area contributed by atoms with Crippen molar-refractivity contribution in [3.63, 3.8) is 0 Å². The van der Waals surface area contributed by atoms with Crippen molar-refractivity contribution in [2.24, 2.45) is 5.41 Å². The number of rotatable bonds is 1. The lowest BCUT2D eigenvalue weighted by atomic mass is 9.91. The maximum atomic E-state index is 8.13. The Bertz CT molecular complexity index is 408. The summed E-state index contributed by atoms with van der Waals surface area (Å²) in [5.41, 5.74) is -0.290. The van der Waals surface area contributed by atoms with E-state index in [0.29, 0.717) is 9.75 Å². The van der Waals surface area contributed by atoms with Gasteiger partial charge in [-0.2, -0.15) is 0 Å². The third kappa shape index (κ3) is 2.63. The molecule has 0 aromatic carbocycles. The first-order valence-electron chi connectivity index (χ1n) is 6.49. The number of thiophene rings is 1. The Morgan fingerprint density at radius 2 is 2.25 bits per heavy atom. The van der Waals surface area contributed by atoms with Gasteiger partial charge in [0, 0.05) is 16.6 Å². The zero-order valence-corrected chi connectivity index (χ0v) is 8.80. The lowest BCUT2D eigenvalue weighted by Gasteiger charge is -2.16. The Morgan fingerprint density at radius 3 is 2.67 bits per heavy atom. The first-order valence-corrected chi connectivity index (χ1v) is 4.80. The van der Waals surface area contributed by atoms with E-state index in [4.69, 9.17) is 6.85 Å². The van der Waals surface area contributed by atoms with Crippen molar-refractivity contribution in [1.82, 2.24) is 0 Å². The molecular formula is C11H18S. The fourth-order valence-corrected chi connectivity index (χ4v) is 1.95. The highest BCUT2D eigenvalue weighted by atomic mass is 32.1. The molecule has 0 aliphatic rings. The second-order valence-electron chi connectivity index (χ2n) is 3.96. The molecule has 1 heteroatoms. The molecule has 1 heterocycles. The van der Waals surface area contributed by atoms with Gasteiger partial charge < -0.3 is 0 Å². The number of hydrogen-bond acceptors (Lipinski definition) is 1. The standard InChI is InChI=1S/C11H18S/c1-8-6-10(12-9(8)2)7-11(3,4)5/h6H,7H2,1-5H3/i1D3,7D2. The van der Waals surface area contributed by atoms with Gasteiger partial charge in [-0.25, -0.2) is 0 Å². The molecule has 0 aliphatic heterocycles. The zero-order valence-electron chi connectivity index (χ0n) is 13.0. The van der Waals surface area contributed by atoms with Gasteiger partial charge in [0.1, 0.15) is 0 Å². The summed E-state index contributed by atoms with van der Waals surface area (Å²) in [5.74, 6) is 0. The first-order chi connectivity index (χ1) is 7.37. The van der Waals surface area contributed by atoms with Crippen LogP contribution in [0, 0.1) is 19.2 Å². The van der Waals surface area contributed by atoms with Gasteiger partial charge in [0.25, 0.3) is 0 Å². The molecule has 0 N–H and O–H groups in total. The van der Waals surface area contributed by atoms with Crippen LogP contribution in [-0.2, 0) is 6.37 Å². The summed E-state index contributed by atoms with van der Waals surface area (Å²) < 4.78 is 38.5. The van der Waals surface area contributed by atoms with Crippen molar-refractivity contribution in [3.8, 4) is 0 Å². The topological polar surface area (TPSA) is 0 Å². The van der Waals surface area contributed by atoms with Crippen LogP contribution in [0.2, 0.25) is 0 Å². The lowest BCUT2D eigenvalue weighted by Crippen LogP contribution is -2.07. The van der Waals surface area contributed by atoms with Gasteiger partial charge in [-0.05, 0) is 37.2 Å². The molecule has 0 nitrogen and oxygen atoms in total. The first kappa shape index (κ1) is 4.80. The highest BCUT2D eigenvalue weighted by molar-refractivity contribution is 7.12. The number of hydrogen-bond donors (Lipinski definition) is 0. The van der Waals surface area contributed by atoms with E-state index in [-0.39, 0.29) is 5.56 Å². The lowest BCUT2D eigenvalue weighted by molar-refractivity contribution is 0.414. The van der Waals surface area contributed by atoms with Crippen molar-refractivity contribution in [1.29, 1.82) is 0 Å². The Balaban J connectivity index is 3.28. The Kier molecular flexibility index (Phi) is 1.29. The minimum atomic E-state index is -2.16. The quantitative estimate of drug-likeness (QED) is 0.624. The third-order valence-corrected chi connectivity index (χ3v) is 2.38. The largest absolute Gasteiger partial charge is 0.145 e. The van der Waals surface area contributed by atoms with Gasteiger partial charge in [0.15, 0.2) is 0 Å². The van der Waals surface area contributed by atoms with Crippen LogP contribution in [0.25, 0.3) is 0 Å². The summed E-state index contributed by atoms with van der Waals surface area (Å²) >= 11 is 1.24. The minimum absolute atomic E-state index is 0.269. The molecule has 1 rings (SSSR count). The average Bonchev–Trinajstić information content (AvgIpc) is 2.44. The van der Waals surface area contributed by atoms with Crippen LogP contribution in [0.5, 0.6) is 0 Å². The maximum Gasteiger partial charge on any atom is 0.0330 e. The average molecular weight is 187 g/mol. The summed E-state index contributed by atoms with van der Waals surface area (Å²) in [6, 6.07) is 1.50. The van der Waals surface area contributed by atoms with Crippen LogP contribution < -0.4 is 0 Å². The Labute approximate surface area is 86.7 Å². The second-order valence-corrected chi connectivity index (χ2v) is 5.21. The molecule has 0 amide bonds. The van der Waals surface area contributed by atoms with Crippen LogP contribution in [-0.4, -0.2) is 0 Å². The molecule has 0 fully saturated rings. The monoisotopic (exact) mass is 187 g/mol. The van der Waals surface area contributed by atoms with Crippen LogP contribution in [0.1, 0.15) is 42.9 Å². The van der Waals surface area contributed by atoms with Crippen LogP contribution in [0.4, 0.5) is 0 Å². The van der Waals surface area contributed by atoms with Crippen molar-refractivity contribution in [2.45, 2.75) is 40.9 Å². The van der Waals surface area contributed by atoms with E-state index < -0.39 is 18.6 Å². The summed E-state index contributed by atoms with van der Waals surface area (Å²) in [5, 5.41) is 0. The van der Waals surface area contributed by atoms with E-state index in [0.717, 1.165) is 0 Å². The van der Waals surface area contributed by atoms with Crippen LogP contribution >= 0.6 is 11.3 Å². The van der Waals surface area contributed by atoms with Gasteiger partial charge in [-0.15, -0.1) is 11.3 Å². The van der Waals surface area contributed by atoms with E-state index in [1.807, 2.05) is 20.8 Å². The molecule has 0 bridgehead atoms. The van der Waals surface area contributed by atoms with Crippen molar-refractivity contribution < 1.29 is 6.85 Å². The van der Waals surface area contributed by atoms with Crippen LogP contribution in [0.15, 0.2) is 6.07 Å². The predicted molar refractivity (Wildman–Crippen MR) is 57.0 cm³/mol. The molecule has 12 heavy (non-hydrogen) atoms. The highest BCUT2D eigenvalue weighted by Crippen LogP contribution is 2.27. The molecule has 0 saturated carbocycles. The van der Waals surface area contributed by atoms with E-state index in [1.165, 1.54) is 17.4 Å². The van der Waals surface area contributed by atoms with E-state index in [2.05, 4.69) is 0 Å². The molecule has 68 valence electrons. The summed E-state index contributed by atoms with van der Waals surface area (Å²) in [4.78, 5) is 1.17. The van der Waals surface area contributed by atoms with E-state index >= 15 is 0 Å². The molecular weight excluding hydrogens is 164 g/mol. The zero-order chi connectivity index (χ0) is 13.6. The fourth-order valence-electron chi connectivity index (χ4n) is 0.913. The van der Waals surface area contributed by atoms with Gasteiger partial charge in [-0.3, -0.25) is 0 Å². The molecule has 1 aromatic rings. The maximum absolute atomic E-state index is 8.13. The Hall–Kier alpha value is -0.300. The summed E-state index contributed by atoms with van der Waals surface area (Å²) in [6.07, 6.45) is -1.52. The van der Waals surface area contributed by atoms with E-state index in [1.54, 1.807) is 6.92 Å². The van der Waals surface area contributed by atoms with Gasteiger partial charge >= 0.3 is 0 Å². The number of aryl methyl sites for hydroxylation is 2. The molecule has 0 spiro atoms. The highest BCUT2D eigenvalue weighted by Gasteiger charge is 2.13. The van der Waals surface area contributed by atoms with Gasteiger partial charge in [-0.1, -0.05) is 20.8 Å². The minimum Gasteiger partial charge on any atom is -0.145 e. The fraction of sp³-hybridized carbons (Fsp3) is 0.636. The second kappa shape index (κ2) is 3.21. The van der Waals surface area contributed by atoms with Crippen LogP contribution in [0.3, 0.4) is 0 Å².